The van der Waals surface area contributed by atoms with Crippen LogP contribution in [0.5, 0.6) is 11.5 Å². The highest BCUT2D eigenvalue weighted by molar-refractivity contribution is 7.88. The van der Waals surface area contributed by atoms with Gasteiger partial charge in [-0.3, -0.25) is 0 Å². The molecule has 170 valence electrons. The summed E-state index contributed by atoms with van der Waals surface area (Å²) in [6.45, 7) is 0. The molecule has 0 spiro atoms. The summed E-state index contributed by atoms with van der Waals surface area (Å²) in [5.41, 5.74) is -11.9. The average Bonchev–Trinajstić information content (AvgIpc) is 2.67. The maximum absolute atomic E-state index is 13.0. The Morgan fingerprint density at radius 1 is 0.562 bits per heavy atom. The molecule has 0 N–H and O–H groups in total. The molecular weight excluding hydrogens is 490 g/mol. The molecule has 0 aliphatic rings. The van der Waals surface area contributed by atoms with Crippen molar-refractivity contribution < 1.29 is 51.5 Å². The lowest BCUT2D eigenvalue weighted by Crippen LogP contribution is -2.30. The van der Waals surface area contributed by atoms with E-state index in [1.807, 2.05) is 0 Å². The van der Waals surface area contributed by atoms with Crippen molar-refractivity contribution in [2.24, 2.45) is 0 Å². The molecule has 0 aliphatic heterocycles. The Labute approximate surface area is 175 Å². The third kappa shape index (κ3) is 3.33. The van der Waals surface area contributed by atoms with E-state index in [1.165, 1.54) is 24.3 Å². The van der Waals surface area contributed by atoms with Gasteiger partial charge in [0, 0.05) is 21.5 Å². The zero-order chi connectivity index (χ0) is 23.7. The lowest BCUT2D eigenvalue weighted by molar-refractivity contribution is -0.0512. The highest BCUT2D eigenvalue weighted by atomic mass is 32.2. The lowest BCUT2D eigenvalue weighted by Gasteiger charge is -2.20. The van der Waals surface area contributed by atoms with E-state index in [0.717, 1.165) is 12.1 Å². The van der Waals surface area contributed by atoms with Crippen molar-refractivity contribution in [1.82, 2.24) is 0 Å². The fraction of sp³-hybridized carbons (Fsp3) is 0.111. The molecule has 0 atom stereocenters. The van der Waals surface area contributed by atoms with Crippen LogP contribution in [0.2, 0.25) is 0 Å². The van der Waals surface area contributed by atoms with Crippen molar-refractivity contribution in [3.63, 3.8) is 0 Å². The molecule has 0 amide bonds. The van der Waals surface area contributed by atoms with Gasteiger partial charge in [-0.1, -0.05) is 48.5 Å². The first kappa shape index (κ1) is 22.2. The van der Waals surface area contributed by atoms with Crippen LogP contribution in [0.1, 0.15) is 0 Å². The molecule has 0 bridgehead atoms. The van der Waals surface area contributed by atoms with Crippen molar-refractivity contribution in [3.8, 4) is 11.5 Å². The lowest BCUT2D eigenvalue weighted by atomic mass is 9.93. The number of halogens is 6. The van der Waals surface area contributed by atoms with Gasteiger partial charge in [0.1, 0.15) is 0 Å². The number of benzene rings is 4. The number of hydrogen-bond donors (Lipinski definition) is 0. The molecule has 0 heterocycles. The van der Waals surface area contributed by atoms with Gasteiger partial charge in [-0.15, -0.1) is 0 Å². The first-order valence-corrected chi connectivity index (χ1v) is 11.2. The summed E-state index contributed by atoms with van der Waals surface area (Å²) in [6.07, 6.45) is 0. The van der Waals surface area contributed by atoms with Crippen LogP contribution in [0.25, 0.3) is 32.3 Å². The van der Waals surface area contributed by atoms with E-state index < -0.39 is 53.5 Å². The highest BCUT2D eigenvalue weighted by Gasteiger charge is 2.51. The second kappa shape index (κ2) is 6.75. The monoisotopic (exact) mass is 498 g/mol. The van der Waals surface area contributed by atoms with E-state index in [-0.39, 0.29) is 10.8 Å². The maximum atomic E-state index is 13.0. The van der Waals surface area contributed by atoms with Gasteiger partial charge < -0.3 is 8.37 Å². The topological polar surface area (TPSA) is 86.7 Å². The molecule has 0 aliphatic carbocycles. The Balaban J connectivity index is 2.18. The van der Waals surface area contributed by atoms with Crippen molar-refractivity contribution in [2.45, 2.75) is 11.0 Å². The minimum atomic E-state index is -6.40. The Hall–Kier alpha value is -3.00. The first-order valence-electron chi connectivity index (χ1n) is 8.35. The molecule has 6 nitrogen and oxygen atoms in total. The molecule has 14 heteroatoms. The summed E-state index contributed by atoms with van der Waals surface area (Å²) < 4.78 is 133. The summed E-state index contributed by atoms with van der Waals surface area (Å²) in [6, 6.07) is 10.8. The first-order chi connectivity index (χ1) is 14.6. The fourth-order valence-electron chi connectivity index (χ4n) is 3.26. The van der Waals surface area contributed by atoms with Gasteiger partial charge in [0.25, 0.3) is 0 Å². The SMILES string of the molecule is O=S(=O)(Oc1c(OS(=O)(=O)C(F)(F)F)c2cccc3ccc4cccc1c4c32)C(F)(F)F. The van der Waals surface area contributed by atoms with Gasteiger partial charge in [0.2, 0.25) is 0 Å². The fourth-order valence-corrected chi connectivity index (χ4v) is 4.22. The molecule has 4 rings (SSSR count). The van der Waals surface area contributed by atoms with E-state index >= 15 is 0 Å². The quantitative estimate of drug-likeness (QED) is 0.170. The molecule has 32 heavy (non-hydrogen) atoms. The van der Waals surface area contributed by atoms with E-state index in [4.69, 9.17) is 0 Å². The van der Waals surface area contributed by atoms with Crippen LogP contribution in [-0.2, 0) is 20.2 Å². The Morgan fingerprint density at radius 3 is 1.22 bits per heavy atom. The van der Waals surface area contributed by atoms with Crippen LogP contribution in [0.15, 0.2) is 48.5 Å². The van der Waals surface area contributed by atoms with Gasteiger partial charge >= 0.3 is 31.3 Å². The van der Waals surface area contributed by atoms with Crippen molar-refractivity contribution in [3.05, 3.63) is 48.5 Å². The van der Waals surface area contributed by atoms with Crippen LogP contribution >= 0.6 is 0 Å². The molecular formula is C18H8F6O6S2. The van der Waals surface area contributed by atoms with Crippen LogP contribution in [-0.4, -0.2) is 27.9 Å². The Kier molecular flexibility index (Phi) is 4.68. The number of hydrogen-bond acceptors (Lipinski definition) is 6. The standard InChI is InChI=1S/C18H8F6O6S2/c19-17(20,21)31(25,26)29-15-11-5-1-3-9-7-8-10-4-2-6-12(14(10)13(9)11)16(15)30-32(27,28)18(22,23)24/h1-8H. The molecule has 0 saturated carbocycles. The number of alkyl halides is 6. The molecule has 0 saturated heterocycles. The summed E-state index contributed by atoms with van der Waals surface area (Å²) in [5.74, 6) is -2.68. The Bertz CT molecular complexity index is 1450. The predicted molar refractivity (Wildman–Crippen MR) is 101 cm³/mol. The summed E-state index contributed by atoms with van der Waals surface area (Å²) >= 11 is 0. The van der Waals surface area contributed by atoms with Gasteiger partial charge in [0.05, 0.1) is 0 Å². The van der Waals surface area contributed by atoms with Gasteiger partial charge in [-0.2, -0.15) is 43.2 Å². The smallest absolute Gasteiger partial charge is 0.371 e. The summed E-state index contributed by atoms with van der Waals surface area (Å²) in [5, 5.41) is 0.254. The maximum Gasteiger partial charge on any atom is 0.534 e. The van der Waals surface area contributed by atoms with Crippen LogP contribution in [0.3, 0.4) is 0 Å². The molecule has 4 aromatic carbocycles. The minimum Gasteiger partial charge on any atom is -0.371 e. The van der Waals surface area contributed by atoms with Crippen LogP contribution < -0.4 is 8.37 Å². The van der Waals surface area contributed by atoms with Crippen molar-refractivity contribution in [1.29, 1.82) is 0 Å². The third-order valence-corrected chi connectivity index (χ3v) is 6.44. The molecule has 0 radical (unpaired) electrons. The largest absolute Gasteiger partial charge is 0.534 e. The van der Waals surface area contributed by atoms with Gasteiger partial charge in [0.15, 0.2) is 11.5 Å². The number of rotatable bonds is 4. The minimum absolute atomic E-state index is 0.143. The second-order valence-electron chi connectivity index (χ2n) is 6.50. The van der Waals surface area contributed by atoms with Crippen molar-refractivity contribution in [2.75, 3.05) is 0 Å². The second-order valence-corrected chi connectivity index (χ2v) is 9.57. The molecule has 0 unspecified atom stereocenters. The average molecular weight is 498 g/mol. The normalized spacial score (nSPS) is 13.8. The van der Waals surface area contributed by atoms with E-state index in [0.29, 0.717) is 10.8 Å². The molecule has 0 aromatic heterocycles. The zero-order valence-electron chi connectivity index (χ0n) is 15.2. The predicted octanol–water partition coefficient (Wildman–Crippen LogP) is 5.04. The van der Waals surface area contributed by atoms with Crippen LogP contribution in [0, 0.1) is 0 Å². The zero-order valence-corrected chi connectivity index (χ0v) is 16.8. The van der Waals surface area contributed by atoms with Crippen LogP contribution in [0.4, 0.5) is 26.3 Å². The van der Waals surface area contributed by atoms with E-state index in [2.05, 4.69) is 8.37 Å². The van der Waals surface area contributed by atoms with E-state index in [1.54, 1.807) is 12.1 Å². The summed E-state index contributed by atoms with van der Waals surface area (Å²) in [7, 11) is -12.8. The summed E-state index contributed by atoms with van der Waals surface area (Å²) in [4.78, 5) is 0. The molecule has 4 aromatic rings. The van der Waals surface area contributed by atoms with Gasteiger partial charge in [-0.25, -0.2) is 0 Å². The Morgan fingerprint density at radius 2 is 0.906 bits per heavy atom. The van der Waals surface area contributed by atoms with Crippen molar-refractivity contribution >= 4 is 52.6 Å². The highest BCUT2D eigenvalue weighted by Crippen LogP contribution is 2.49. The van der Waals surface area contributed by atoms with E-state index in [9.17, 15) is 43.2 Å². The third-order valence-electron chi connectivity index (χ3n) is 4.53. The molecule has 0 fully saturated rings. The van der Waals surface area contributed by atoms with Gasteiger partial charge in [-0.05, 0) is 10.8 Å².